The van der Waals surface area contributed by atoms with E-state index in [0.717, 1.165) is 9.87 Å². The second-order valence-corrected chi connectivity index (χ2v) is 13.6. The first-order chi connectivity index (χ1) is 20.3. The van der Waals surface area contributed by atoms with Gasteiger partial charge in [-0.05, 0) is 43.0 Å². The fourth-order valence-corrected chi connectivity index (χ4v) is 6.63. The predicted octanol–water partition coefficient (Wildman–Crippen LogP) is 0.492. The SMILES string of the molecule is CN(C)S(=O)(=O)c1ccc2c(c1)CCN2C(=O)CCC(=O)N1CCC2(CC1)CN/C(=C\C(=O)c1nc(Cl)c(N)nc1N)N2. The average Bonchev–Trinajstić information content (AvgIpc) is 3.57. The Bertz CT molecular complexity index is 1620. The Hall–Kier alpha value is -3.95. The Balaban J connectivity index is 1.12. The molecule has 0 unspecified atom stereocenters. The molecule has 0 radical (unpaired) electrons. The van der Waals surface area contributed by atoms with Crippen LogP contribution in [0.2, 0.25) is 5.15 Å². The minimum atomic E-state index is -3.57. The monoisotopic (exact) mass is 631 g/mol. The Kier molecular flexibility index (Phi) is 8.24. The highest BCUT2D eigenvalue weighted by Crippen LogP contribution is 2.32. The zero-order valence-corrected chi connectivity index (χ0v) is 25.5. The predicted molar refractivity (Wildman–Crippen MR) is 161 cm³/mol. The Morgan fingerprint density at radius 3 is 2.47 bits per heavy atom. The topological polar surface area (TPSA) is 197 Å². The van der Waals surface area contributed by atoms with Gasteiger partial charge in [-0.2, -0.15) is 0 Å². The summed E-state index contributed by atoms with van der Waals surface area (Å²) in [4.78, 5) is 50.1. The number of carbonyl (C=O) groups is 3. The van der Waals surface area contributed by atoms with Crippen molar-refractivity contribution in [2.45, 2.75) is 42.5 Å². The van der Waals surface area contributed by atoms with Gasteiger partial charge in [0.15, 0.2) is 22.5 Å². The maximum absolute atomic E-state index is 13.0. The van der Waals surface area contributed by atoms with Crippen LogP contribution < -0.4 is 27.0 Å². The molecule has 5 rings (SSSR count). The number of benzene rings is 1. The highest BCUT2D eigenvalue weighted by Gasteiger charge is 2.40. The number of rotatable bonds is 7. The Morgan fingerprint density at radius 1 is 1.07 bits per heavy atom. The number of hydrogen-bond acceptors (Lipinski definition) is 11. The summed E-state index contributed by atoms with van der Waals surface area (Å²) in [6.45, 7) is 2.03. The Morgan fingerprint density at radius 2 is 1.77 bits per heavy atom. The molecule has 14 nitrogen and oxygen atoms in total. The minimum absolute atomic E-state index is 0.0553. The number of ketones is 1. The van der Waals surface area contributed by atoms with Gasteiger partial charge >= 0.3 is 0 Å². The van der Waals surface area contributed by atoms with Gasteiger partial charge in [-0.1, -0.05) is 11.6 Å². The minimum Gasteiger partial charge on any atom is -0.382 e. The molecular weight excluding hydrogens is 598 g/mol. The van der Waals surface area contributed by atoms with Crippen molar-refractivity contribution >= 4 is 56.5 Å². The van der Waals surface area contributed by atoms with E-state index in [0.29, 0.717) is 56.9 Å². The summed E-state index contributed by atoms with van der Waals surface area (Å²) in [7, 11) is -0.616. The fourth-order valence-electron chi connectivity index (χ4n) is 5.55. The molecule has 2 fully saturated rings. The summed E-state index contributed by atoms with van der Waals surface area (Å²) in [5, 5.41) is 6.47. The van der Waals surface area contributed by atoms with Crippen LogP contribution in [-0.2, 0) is 26.0 Å². The van der Waals surface area contributed by atoms with Crippen LogP contribution in [0.5, 0.6) is 0 Å². The van der Waals surface area contributed by atoms with Crippen LogP contribution in [0.15, 0.2) is 35.0 Å². The number of hydrogen-bond donors (Lipinski definition) is 4. The lowest BCUT2D eigenvalue weighted by Crippen LogP contribution is -2.53. The fraction of sp³-hybridized carbons (Fsp3) is 0.444. The molecule has 230 valence electrons. The van der Waals surface area contributed by atoms with Gasteiger partial charge in [-0.15, -0.1) is 0 Å². The lowest BCUT2D eigenvalue weighted by molar-refractivity contribution is -0.134. The first-order valence-corrected chi connectivity index (χ1v) is 15.6. The van der Waals surface area contributed by atoms with Crippen LogP contribution in [0.4, 0.5) is 17.3 Å². The highest BCUT2D eigenvalue weighted by atomic mass is 35.5. The number of allylic oxidation sites excluding steroid dienone is 1. The van der Waals surface area contributed by atoms with E-state index in [9.17, 15) is 22.8 Å². The molecule has 0 atom stereocenters. The van der Waals surface area contributed by atoms with Gasteiger partial charge in [0.25, 0.3) is 0 Å². The molecule has 1 spiro atoms. The number of piperidine rings is 1. The third-order valence-electron chi connectivity index (χ3n) is 8.08. The van der Waals surface area contributed by atoms with Crippen LogP contribution in [0.3, 0.4) is 0 Å². The molecule has 3 aliphatic rings. The van der Waals surface area contributed by atoms with Crippen molar-refractivity contribution in [1.29, 1.82) is 0 Å². The molecule has 0 aliphatic carbocycles. The standard InChI is InChI=1S/C27H34ClN9O5S/c1-35(2)43(41,42)17-3-4-18-16(13-17)7-10-37(18)22(40)6-5-21(39)36-11-8-27(9-12-36)15-31-20(34-27)14-19(38)23-25(29)33-26(30)24(28)32-23/h3-4,13-14,31,34H,5-12,15H2,1-2H3,(H4,29,30,33)/b20-14+. The summed E-state index contributed by atoms with van der Waals surface area (Å²) >= 11 is 5.89. The number of likely N-dealkylation sites (tertiary alicyclic amines) is 1. The molecule has 0 saturated carbocycles. The lowest BCUT2D eigenvalue weighted by atomic mass is 9.88. The zero-order valence-electron chi connectivity index (χ0n) is 23.9. The zero-order chi connectivity index (χ0) is 31.1. The van der Waals surface area contributed by atoms with Gasteiger partial charge in [-0.3, -0.25) is 14.4 Å². The van der Waals surface area contributed by atoms with Crippen LogP contribution >= 0.6 is 11.6 Å². The number of halogens is 1. The number of carbonyl (C=O) groups excluding carboxylic acids is 3. The summed E-state index contributed by atoms with van der Waals surface area (Å²) in [6.07, 6.45) is 3.36. The number of amides is 2. The maximum atomic E-state index is 13.0. The highest BCUT2D eigenvalue weighted by molar-refractivity contribution is 7.89. The number of nitrogens with one attached hydrogen (secondary N) is 2. The van der Waals surface area contributed by atoms with Crippen LogP contribution in [0, 0.1) is 0 Å². The van der Waals surface area contributed by atoms with Crippen LogP contribution in [0.1, 0.15) is 41.7 Å². The van der Waals surface area contributed by atoms with Crippen molar-refractivity contribution in [3.63, 3.8) is 0 Å². The molecule has 2 amide bonds. The Labute approximate surface area is 254 Å². The van der Waals surface area contributed by atoms with Crippen molar-refractivity contribution in [2.75, 3.05) is 56.6 Å². The van der Waals surface area contributed by atoms with Gasteiger partial charge in [-0.25, -0.2) is 22.7 Å². The van der Waals surface area contributed by atoms with Gasteiger partial charge in [0.05, 0.1) is 10.4 Å². The first kappa shape index (κ1) is 30.5. The normalized spacial score (nSPS) is 18.6. The van der Waals surface area contributed by atoms with Crippen molar-refractivity contribution in [2.24, 2.45) is 0 Å². The van der Waals surface area contributed by atoms with E-state index in [1.54, 1.807) is 21.9 Å². The third-order valence-corrected chi connectivity index (χ3v) is 10.2. The largest absolute Gasteiger partial charge is 0.382 e. The lowest BCUT2D eigenvalue weighted by Gasteiger charge is -2.39. The number of sulfonamides is 1. The number of nitrogens with zero attached hydrogens (tertiary/aromatic N) is 5. The van der Waals surface area contributed by atoms with Crippen molar-refractivity contribution in [1.82, 2.24) is 29.8 Å². The van der Waals surface area contributed by atoms with E-state index in [1.165, 1.54) is 26.2 Å². The number of nitrogens with two attached hydrogens (primary N) is 2. The molecule has 3 aliphatic heterocycles. The summed E-state index contributed by atoms with van der Waals surface area (Å²) in [6, 6.07) is 4.79. The quantitative estimate of drug-likeness (QED) is 0.245. The number of anilines is 3. The molecule has 6 N–H and O–H groups in total. The third kappa shape index (κ3) is 6.10. The molecule has 16 heteroatoms. The molecular formula is C27H34ClN9O5S. The summed E-state index contributed by atoms with van der Waals surface area (Å²) in [5.41, 5.74) is 12.4. The maximum Gasteiger partial charge on any atom is 0.242 e. The second-order valence-electron chi connectivity index (χ2n) is 11.1. The van der Waals surface area contributed by atoms with E-state index in [1.807, 2.05) is 0 Å². The van der Waals surface area contributed by atoms with E-state index in [-0.39, 0.29) is 57.6 Å². The molecule has 1 aromatic heterocycles. The van der Waals surface area contributed by atoms with Gasteiger partial charge in [0.2, 0.25) is 27.6 Å². The average molecular weight is 632 g/mol. The van der Waals surface area contributed by atoms with Crippen molar-refractivity contribution in [3.05, 3.63) is 46.5 Å². The first-order valence-electron chi connectivity index (χ1n) is 13.8. The smallest absolute Gasteiger partial charge is 0.242 e. The number of nitrogen functional groups attached to an aromatic ring is 2. The van der Waals surface area contributed by atoms with E-state index >= 15 is 0 Å². The van der Waals surface area contributed by atoms with Crippen molar-refractivity contribution < 1.29 is 22.8 Å². The molecule has 1 aromatic carbocycles. The summed E-state index contributed by atoms with van der Waals surface area (Å²) in [5.74, 6) is -0.392. The van der Waals surface area contributed by atoms with E-state index in [4.69, 9.17) is 23.1 Å². The summed E-state index contributed by atoms with van der Waals surface area (Å²) < 4.78 is 26.1. The van der Waals surface area contributed by atoms with Crippen LogP contribution in [0.25, 0.3) is 0 Å². The van der Waals surface area contributed by atoms with Crippen molar-refractivity contribution in [3.8, 4) is 0 Å². The van der Waals surface area contributed by atoms with E-state index in [2.05, 4.69) is 20.6 Å². The van der Waals surface area contributed by atoms with Gasteiger partial charge < -0.3 is 31.9 Å². The van der Waals surface area contributed by atoms with E-state index < -0.39 is 15.8 Å². The second kappa shape index (κ2) is 11.6. The van der Waals surface area contributed by atoms with Gasteiger partial charge in [0.1, 0.15) is 5.82 Å². The molecule has 0 bridgehead atoms. The number of aromatic nitrogens is 2. The molecule has 2 aromatic rings. The van der Waals surface area contributed by atoms with Crippen LogP contribution in [-0.4, -0.2) is 91.0 Å². The molecule has 4 heterocycles. The molecule has 2 saturated heterocycles. The van der Waals surface area contributed by atoms with Gasteiger partial charge in [0, 0.05) is 64.9 Å². The number of fused-ring (bicyclic) bond motifs is 1. The molecule has 43 heavy (non-hydrogen) atoms.